The maximum Gasteiger partial charge on any atom is 0.246 e. The average molecular weight is 247 g/mol. The molecule has 1 N–H and O–H groups in total. The Hall–Kier alpha value is -1.22. The molecule has 18 heavy (non-hydrogen) atoms. The lowest BCUT2D eigenvalue weighted by atomic mass is 9.92. The molecule has 1 atom stereocenters. The smallest absolute Gasteiger partial charge is 0.246 e. The minimum absolute atomic E-state index is 0.520. The maximum atomic E-state index is 5.79. The fourth-order valence-corrected chi connectivity index (χ4v) is 2.83. The molecule has 1 saturated heterocycles. The van der Waals surface area contributed by atoms with Crippen molar-refractivity contribution in [3.8, 4) is 11.5 Å². The highest BCUT2D eigenvalue weighted by Crippen LogP contribution is 2.39. The SMILES string of the molecule is CC1(C)Oc2ccc(CC3CCCNC3)cc2O1. The fourth-order valence-electron chi connectivity index (χ4n) is 2.83. The summed E-state index contributed by atoms with van der Waals surface area (Å²) in [6, 6.07) is 6.34. The summed E-state index contributed by atoms with van der Waals surface area (Å²) in [5.41, 5.74) is 1.35. The molecule has 0 spiro atoms. The molecule has 0 radical (unpaired) electrons. The highest BCUT2D eigenvalue weighted by Gasteiger charge is 2.31. The molecule has 2 aliphatic rings. The summed E-state index contributed by atoms with van der Waals surface area (Å²) in [4.78, 5) is 0. The summed E-state index contributed by atoms with van der Waals surface area (Å²) in [5.74, 6) is 1.99. The van der Waals surface area contributed by atoms with Crippen molar-refractivity contribution >= 4 is 0 Å². The van der Waals surface area contributed by atoms with Gasteiger partial charge in [-0.1, -0.05) is 6.07 Å². The molecule has 0 amide bonds. The Morgan fingerprint density at radius 3 is 2.89 bits per heavy atom. The van der Waals surface area contributed by atoms with Gasteiger partial charge in [-0.05, 0) is 56.0 Å². The van der Waals surface area contributed by atoms with Crippen molar-refractivity contribution in [1.29, 1.82) is 0 Å². The molecule has 1 aromatic carbocycles. The molecule has 1 aromatic rings. The molecule has 0 saturated carbocycles. The zero-order valence-electron chi connectivity index (χ0n) is 11.2. The van der Waals surface area contributed by atoms with Crippen molar-refractivity contribution in [2.75, 3.05) is 13.1 Å². The van der Waals surface area contributed by atoms with E-state index < -0.39 is 5.79 Å². The van der Waals surface area contributed by atoms with Crippen LogP contribution in [0.3, 0.4) is 0 Å². The number of hydrogen-bond donors (Lipinski definition) is 1. The number of fused-ring (bicyclic) bond motifs is 1. The highest BCUT2D eigenvalue weighted by molar-refractivity contribution is 5.45. The Bertz CT molecular complexity index is 436. The second-order valence-electron chi connectivity index (χ2n) is 5.80. The van der Waals surface area contributed by atoms with E-state index >= 15 is 0 Å². The molecule has 2 aliphatic heterocycles. The van der Waals surface area contributed by atoms with Crippen LogP contribution >= 0.6 is 0 Å². The molecule has 1 fully saturated rings. The summed E-state index contributed by atoms with van der Waals surface area (Å²) in [6.45, 7) is 6.20. The van der Waals surface area contributed by atoms with E-state index in [1.807, 2.05) is 19.9 Å². The van der Waals surface area contributed by atoms with Gasteiger partial charge in [-0.2, -0.15) is 0 Å². The molecule has 0 aliphatic carbocycles. The van der Waals surface area contributed by atoms with E-state index in [1.165, 1.54) is 24.9 Å². The van der Waals surface area contributed by atoms with Crippen LogP contribution in [-0.4, -0.2) is 18.9 Å². The molecular weight excluding hydrogens is 226 g/mol. The monoisotopic (exact) mass is 247 g/mol. The number of rotatable bonds is 2. The minimum atomic E-state index is -0.520. The van der Waals surface area contributed by atoms with Gasteiger partial charge in [-0.25, -0.2) is 0 Å². The predicted octanol–water partition coefficient (Wildman–Crippen LogP) is 2.74. The summed E-state index contributed by atoms with van der Waals surface area (Å²) in [6.07, 6.45) is 3.75. The number of ether oxygens (including phenoxy) is 2. The molecule has 0 aromatic heterocycles. The molecular formula is C15H21NO2. The van der Waals surface area contributed by atoms with Gasteiger partial charge in [0, 0.05) is 13.8 Å². The van der Waals surface area contributed by atoms with Gasteiger partial charge >= 0.3 is 0 Å². The van der Waals surface area contributed by atoms with Crippen molar-refractivity contribution in [3.63, 3.8) is 0 Å². The third-order valence-electron chi connectivity index (χ3n) is 3.64. The quantitative estimate of drug-likeness (QED) is 0.871. The van der Waals surface area contributed by atoms with Crippen LogP contribution in [0.5, 0.6) is 11.5 Å². The molecule has 3 heteroatoms. The van der Waals surface area contributed by atoms with E-state index in [0.717, 1.165) is 30.4 Å². The molecule has 98 valence electrons. The van der Waals surface area contributed by atoms with E-state index in [9.17, 15) is 0 Å². The fraction of sp³-hybridized carbons (Fsp3) is 0.600. The van der Waals surface area contributed by atoms with E-state index in [1.54, 1.807) is 0 Å². The van der Waals surface area contributed by atoms with Crippen molar-refractivity contribution in [2.45, 2.75) is 38.9 Å². The first-order valence-corrected chi connectivity index (χ1v) is 6.84. The van der Waals surface area contributed by atoms with Gasteiger partial charge in [-0.3, -0.25) is 0 Å². The van der Waals surface area contributed by atoms with Crippen LogP contribution in [-0.2, 0) is 6.42 Å². The van der Waals surface area contributed by atoms with Crippen molar-refractivity contribution in [2.24, 2.45) is 5.92 Å². The zero-order chi connectivity index (χ0) is 12.6. The molecule has 3 nitrogen and oxygen atoms in total. The molecule has 3 rings (SSSR count). The third kappa shape index (κ3) is 2.46. The van der Waals surface area contributed by atoms with Crippen LogP contribution in [0, 0.1) is 5.92 Å². The van der Waals surface area contributed by atoms with Gasteiger partial charge in [0.25, 0.3) is 0 Å². The first-order valence-electron chi connectivity index (χ1n) is 6.84. The second-order valence-corrected chi connectivity index (χ2v) is 5.80. The lowest BCUT2D eigenvalue weighted by Crippen LogP contribution is -2.30. The normalized spacial score (nSPS) is 25.1. The summed E-state index contributed by atoms with van der Waals surface area (Å²) in [7, 11) is 0. The van der Waals surface area contributed by atoms with Crippen LogP contribution < -0.4 is 14.8 Å². The Kier molecular flexibility index (Phi) is 2.94. The first-order chi connectivity index (χ1) is 8.62. The van der Waals surface area contributed by atoms with Crippen LogP contribution in [0.15, 0.2) is 18.2 Å². The van der Waals surface area contributed by atoms with E-state index in [-0.39, 0.29) is 0 Å². The standard InChI is InChI=1S/C15H21NO2/c1-15(2)17-13-6-5-11(9-14(13)18-15)8-12-4-3-7-16-10-12/h5-6,9,12,16H,3-4,7-8,10H2,1-2H3. The summed E-state index contributed by atoms with van der Waals surface area (Å²) < 4.78 is 11.5. The number of nitrogens with one attached hydrogen (secondary N) is 1. The lowest BCUT2D eigenvalue weighted by Gasteiger charge is -2.22. The second kappa shape index (κ2) is 4.47. The Morgan fingerprint density at radius 1 is 1.28 bits per heavy atom. The van der Waals surface area contributed by atoms with Crippen molar-refractivity contribution in [3.05, 3.63) is 23.8 Å². The van der Waals surface area contributed by atoms with Gasteiger partial charge in [0.15, 0.2) is 11.5 Å². The number of benzene rings is 1. The Balaban J connectivity index is 1.71. The van der Waals surface area contributed by atoms with Gasteiger partial charge in [-0.15, -0.1) is 0 Å². The van der Waals surface area contributed by atoms with Gasteiger partial charge in [0.05, 0.1) is 0 Å². The third-order valence-corrected chi connectivity index (χ3v) is 3.64. The van der Waals surface area contributed by atoms with E-state index in [4.69, 9.17) is 9.47 Å². The zero-order valence-corrected chi connectivity index (χ0v) is 11.2. The van der Waals surface area contributed by atoms with E-state index in [0.29, 0.717) is 0 Å². The van der Waals surface area contributed by atoms with Crippen LogP contribution in [0.2, 0.25) is 0 Å². The Morgan fingerprint density at radius 2 is 2.11 bits per heavy atom. The van der Waals surface area contributed by atoms with Gasteiger partial charge in [0.1, 0.15) is 0 Å². The number of piperidine rings is 1. The summed E-state index contributed by atoms with van der Waals surface area (Å²) in [5, 5.41) is 3.46. The summed E-state index contributed by atoms with van der Waals surface area (Å²) >= 11 is 0. The van der Waals surface area contributed by atoms with Gasteiger partial charge in [0.2, 0.25) is 5.79 Å². The van der Waals surface area contributed by atoms with E-state index in [2.05, 4.69) is 17.4 Å². The minimum Gasteiger partial charge on any atom is -0.449 e. The lowest BCUT2D eigenvalue weighted by molar-refractivity contribution is -0.0431. The van der Waals surface area contributed by atoms with Crippen LogP contribution in [0.4, 0.5) is 0 Å². The molecule has 1 unspecified atom stereocenters. The average Bonchev–Trinajstić information content (AvgIpc) is 2.63. The molecule has 2 heterocycles. The van der Waals surface area contributed by atoms with Crippen LogP contribution in [0.1, 0.15) is 32.3 Å². The largest absolute Gasteiger partial charge is 0.449 e. The first kappa shape index (κ1) is 11.8. The Labute approximate surface area is 108 Å². The maximum absolute atomic E-state index is 5.79. The molecule has 0 bridgehead atoms. The van der Waals surface area contributed by atoms with Crippen molar-refractivity contribution in [1.82, 2.24) is 5.32 Å². The van der Waals surface area contributed by atoms with Gasteiger partial charge < -0.3 is 14.8 Å². The topological polar surface area (TPSA) is 30.5 Å². The van der Waals surface area contributed by atoms with Crippen molar-refractivity contribution < 1.29 is 9.47 Å². The van der Waals surface area contributed by atoms with Crippen LogP contribution in [0.25, 0.3) is 0 Å². The predicted molar refractivity (Wildman–Crippen MR) is 71.1 cm³/mol. The highest BCUT2D eigenvalue weighted by atomic mass is 16.7. The number of hydrogen-bond acceptors (Lipinski definition) is 3.